The number of phenols is 1. The van der Waals surface area contributed by atoms with Crippen LogP contribution in [0.3, 0.4) is 0 Å². The molecule has 100 valence electrons. The van der Waals surface area contributed by atoms with E-state index >= 15 is 0 Å². The minimum atomic E-state index is 0.309. The van der Waals surface area contributed by atoms with E-state index in [1.807, 2.05) is 12.1 Å². The van der Waals surface area contributed by atoms with Gasteiger partial charge in [0.2, 0.25) is 0 Å². The van der Waals surface area contributed by atoms with Crippen LogP contribution in [0.5, 0.6) is 5.75 Å². The van der Waals surface area contributed by atoms with E-state index in [4.69, 9.17) is 0 Å². The third kappa shape index (κ3) is 4.32. The quantitative estimate of drug-likeness (QED) is 0.804. The molecule has 0 atom stereocenters. The average Bonchev–Trinajstić information content (AvgIpc) is 2.46. The first-order valence-electron chi connectivity index (χ1n) is 6.88. The molecule has 0 saturated heterocycles. The van der Waals surface area contributed by atoms with Crippen molar-refractivity contribution in [2.75, 3.05) is 5.32 Å². The summed E-state index contributed by atoms with van der Waals surface area (Å²) < 4.78 is 0. The Morgan fingerprint density at radius 1 is 0.895 bits per heavy atom. The molecule has 0 heterocycles. The second-order valence-electron chi connectivity index (χ2n) is 4.82. The van der Waals surface area contributed by atoms with Gasteiger partial charge in [-0.15, -0.1) is 0 Å². The molecule has 2 heteroatoms. The predicted octanol–water partition coefficient (Wildman–Crippen LogP) is 4.35. The van der Waals surface area contributed by atoms with Crippen LogP contribution >= 0.6 is 0 Å². The third-order valence-corrected chi connectivity index (χ3v) is 3.21. The van der Waals surface area contributed by atoms with Crippen molar-refractivity contribution in [1.29, 1.82) is 0 Å². The molecule has 0 aromatic heterocycles. The molecular formula is C17H21NO. The number of nitrogens with one attached hydrogen (secondary N) is 1. The second kappa shape index (κ2) is 6.83. The summed E-state index contributed by atoms with van der Waals surface area (Å²) in [6.07, 6.45) is 3.65. The van der Waals surface area contributed by atoms with Crippen LogP contribution in [0.25, 0.3) is 0 Å². The van der Waals surface area contributed by atoms with Crippen LogP contribution in [0.4, 0.5) is 5.69 Å². The van der Waals surface area contributed by atoms with Crippen molar-refractivity contribution in [2.24, 2.45) is 0 Å². The van der Waals surface area contributed by atoms with E-state index in [0.29, 0.717) is 5.75 Å². The Bertz CT molecular complexity index is 488. The molecule has 2 aromatic carbocycles. The van der Waals surface area contributed by atoms with Gasteiger partial charge in [-0.1, -0.05) is 37.6 Å². The first-order valence-corrected chi connectivity index (χ1v) is 6.88. The summed E-state index contributed by atoms with van der Waals surface area (Å²) in [5, 5.41) is 12.6. The molecule has 0 radical (unpaired) electrons. The van der Waals surface area contributed by atoms with Gasteiger partial charge in [0.1, 0.15) is 5.75 Å². The van der Waals surface area contributed by atoms with Crippen LogP contribution in [0.15, 0.2) is 48.5 Å². The van der Waals surface area contributed by atoms with Crippen LogP contribution in [0.2, 0.25) is 0 Å². The summed E-state index contributed by atoms with van der Waals surface area (Å²) in [4.78, 5) is 0. The number of phenolic OH excluding ortho intramolecular Hbond substituents is 1. The largest absolute Gasteiger partial charge is 0.508 e. The van der Waals surface area contributed by atoms with Gasteiger partial charge in [-0.25, -0.2) is 0 Å². The van der Waals surface area contributed by atoms with E-state index in [0.717, 1.165) is 24.2 Å². The van der Waals surface area contributed by atoms with Gasteiger partial charge in [0.25, 0.3) is 0 Å². The minimum absolute atomic E-state index is 0.309. The zero-order valence-corrected chi connectivity index (χ0v) is 11.4. The molecule has 2 nitrogen and oxygen atoms in total. The fraction of sp³-hybridized carbons (Fsp3) is 0.294. The van der Waals surface area contributed by atoms with Gasteiger partial charge >= 0.3 is 0 Å². The maximum absolute atomic E-state index is 9.22. The molecule has 0 aliphatic rings. The SMILES string of the molecule is CCCCc1ccc(NCc2ccc(O)cc2)cc1. The lowest BCUT2D eigenvalue weighted by Gasteiger charge is -2.08. The molecule has 2 aromatic rings. The maximum atomic E-state index is 9.22. The van der Waals surface area contributed by atoms with E-state index in [9.17, 15) is 5.11 Å². The Hall–Kier alpha value is -1.96. The average molecular weight is 255 g/mol. The zero-order valence-electron chi connectivity index (χ0n) is 11.4. The highest BCUT2D eigenvalue weighted by atomic mass is 16.3. The zero-order chi connectivity index (χ0) is 13.5. The highest BCUT2D eigenvalue weighted by Crippen LogP contribution is 2.14. The van der Waals surface area contributed by atoms with Gasteiger partial charge in [-0.2, -0.15) is 0 Å². The van der Waals surface area contributed by atoms with Crippen molar-refractivity contribution in [3.63, 3.8) is 0 Å². The summed E-state index contributed by atoms with van der Waals surface area (Å²) in [5.41, 5.74) is 3.69. The second-order valence-corrected chi connectivity index (χ2v) is 4.82. The number of hydrogen-bond donors (Lipinski definition) is 2. The number of unbranched alkanes of at least 4 members (excludes halogenated alkanes) is 1. The Balaban J connectivity index is 1.87. The van der Waals surface area contributed by atoms with E-state index in [1.54, 1.807) is 12.1 Å². The summed E-state index contributed by atoms with van der Waals surface area (Å²) in [6.45, 7) is 2.99. The van der Waals surface area contributed by atoms with E-state index in [2.05, 4.69) is 36.5 Å². The van der Waals surface area contributed by atoms with Gasteiger partial charge in [0, 0.05) is 12.2 Å². The van der Waals surface area contributed by atoms with Crippen molar-refractivity contribution in [1.82, 2.24) is 0 Å². The van der Waals surface area contributed by atoms with Gasteiger partial charge < -0.3 is 10.4 Å². The van der Waals surface area contributed by atoms with E-state index < -0.39 is 0 Å². The predicted molar refractivity (Wildman–Crippen MR) is 80.5 cm³/mol. The molecule has 0 unspecified atom stereocenters. The first kappa shape index (κ1) is 13.5. The fourth-order valence-corrected chi connectivity index (χ4v) is 1.99. The van der Waals surface area contributed by atoms with Crippen molar-refractivity contribution < 1.29 is 5.11 Å². The molecule has 2 N–H and O–H groups in total. The van der Waals surface area contributed by atoms with Crippen molar-refractivity contribution in [2.45, 2.75) is 32.7 Å². The summed E-state index contributed by atoms with van der Waals surface area (Å²) in [7, 11) is 0. The molecule has 0 bridgehead atoms. The number of hydrogen-bond acceptors (Lipinski definition) is 2. The first-order chi connectivity index (χ1) is 9.28. The lowest BCUT2D eigenvalue weighted by molar-refractivity contribution is 0.475. The summed E-state index contributed by atoms with van der Waals surface area (Å²) in [5.74, 6) is 0.309. The smallest absolute Gasteiger partial charge is 0.115 e. The molecule has 0 saturated carbocycles. The normalized spacial score (nSPS) is 10.4. The van der Waals surface area contributed by atoms with Gasteiger partial charge in [-0.05, 0) is 48.2 Å². The fourth-order valence-electron chi connectivity index (χ4n) is 1.99. The lowest BCUT2D eigenvalue weighted by Crippen LogP contribution is -1.99. The molecule has 0 aliphatic heterocycles. The van der Waals surface area contributed by atoms with E-state index in [1.165, 1.54) is 18.4 Å². The molecular weight excluding hydrogens is 234 g/mol. The van der Waals surface area contributed by atoms with Gasteiger partial charge in [0.15, 0.2) is 0 Å². The number of benzene rings is 2. The topological polar surface area (TPSA) is 32.3 Å². The van der Waals surface area contributed by atoms with Crippen LogP contribution in [0.1, 0.15) is 30.9 Å². The highest BCUT2D eigenvalue weighted by molar-refractivity contribution is 5.45. The molecule has 0 amide bonds. The van der Waals surface area contributed by atoms with Crippen molar-refractivity contribution in [3.8, 4) is 5.75 Å². The van der Waals surface area contributed by atoms with Crippen LogP contribution in [-0.4, -0.2) is 5.11 Å². The molecule has 2 rings (SSSR count). The Morgan fingerprint density at radius 2 is 1.53 bits per heavy atom. The Morgan fingerprint density at radius 3 is 2.16 bits per heavy atom. The minimum Gasteiger partial charge on any atom is -0.508 e. The van der Waals surface area contributed by atoms with Gasteiger partial charge in [-0.3, -0.25) is 0 Å². The van der Waals surface area contributed by atoms with E-state index in [-0.39, 0.29) is 0 Å². The maximum Gasteiger partial charge on any atom is 0.115 e. The lowest BCUT2D eigenvalue weighted by atomic mass is 10.1. The standard InChI is InChI=1S/C17H21NO/c1-2-3-4-14-5-9-16(10-6-14)18-13-15-7-11-17(19)12-8-15/h5-12,18-19H,2-4,13H2,1H3. The number of anilines is 1. The number of rotatable bonds is 6. The molecule has 0 spiro atoms. The van der Waals surface area contributed by atoms with Crippen LogP contribution < -0.4 is 5.32 Å². The number of aryl methyl sites for hydroxylation is 1. The van der Waals surface area contributed by atoms with Crippen molar-refractivity contribution in [3.05, 3.63) is 59.7 Å². The van der Waals surface area contributed by atoms with Gasteiger partial charge in [0.05, 0.1) is 0 Å². The van der Waals surface area contributed by atoms with Crippen LogP contribution in [0, 0.1) is 0 Å². The summed E-state index contributed by atoms with van der Waals surface area (Å²) >= 11 is 0. The Kier molecular flexibility index (Phi) is 4.85. The molecule has 19 heavy (non-hydrogen) atoms. The highest BCUT2D eigenvalue weighted by Gasteiger charge is 1.96. The number of aromatic hydroxyl groups is 1. The van der Waals surface area contributed by atoms with Crippen molar-refractivity contribution >= 4 is 5.69 Å². The Labute approximate surface area is 115 Å². The molecule has 0 aliphatic carbocycles. The summed E-state index contributed by atoms with van der Waals surface area (Å²) in [6, 6.07) is 15.9. The van der Waals surface area contributed by atoms with Crippen LogP contribution in [-0.2, 0) is 13.0 Å². The molecule has 0 fully saturated rings. The third-order valence-electron chi connectivity index (χ3n) is 3.21. The monoisotopic (exact) mass is 255 g/mol.